The molecule has 0 unspecified atom stereocenters. The van der Waals surface area contributed by atoms with Gasteiger partial charge in [0.2, 0.25) is 0 Å². The summed E-state index contributed by atoms with van der Waals surface area (Å²) < 4.78 is 18.0. The summed E-state index contributed by atoms with van der Waals surface area (Å²) in [7, 11) is 0. The Morgan fingerprint density at radius 2 is 2.25 bits per heavy atom. The van der Waals surface area contributed by atoms with Crippen molar-refractivity contribution in [2.24, 2.45) is 5.92 Å². The van der Waals surface area contributed by atoms with Crippen LogP contribution in [0.2, 0.25) is 0 Å². The zero-order valence-electron chi connectivity index (χ0n) is 8.77. The van der Waals surface area contributed by atoms with Gasteiger partial charge in [0.05, 0.1) is 0 Å². The van der Waals surface area contributed by atoms with Crippen molar-refractivity contribution >= 4 is 11.8 Å². The molecule has 0 amide bonds. The largest absolute Gasteiger partial charge is 0.457 e. The lowest BCUT2D eigenvalue weighted by Crippen LogP contribution is -2.15. The number of ether oxygens (including phenoxy) is 1. The summed E-state index contributed by atoms with van der Waals surface area (Å²) in [6.45, 7) is 1.36. The molecule has 0 saturated carbocycles. The summed E-state index contributed by atoms with van der Waals surface area (Å²) in [5.41, 5.74) is 0.595. The van der Waals surface area contributed by atoms with Crippen LogP contribution >= 0.6 is 0 Å². The van der Waals surface area contributed by atoms with Gasteiger partial charge in [-0.15, -0.1) is 0 Å². The van der Waals surface area contributed by atoms with Crippen molar-refractivity contribution in [1.82, 2.24) is 0 Å². The van der Waals surface area contributed by atoms with Crippen molar-refractivity contribution in [1.29, 1.82) is 0 Å². The zero-order valence-corrected chi connectivity index (χ0v) is 8.77. The molecule has 0 bridgehead atoms. The minimum Gasteiger partial charge on any atom is -0.457 e. The van der Waals surface area contributed by atoms with Gasteiger partial charge in [-0.25, -0.2) is 4.39 Å². The third-order valence-electron chi connectivity index (χ3n) is 2.70. The van der Waals surface area contributed by atoms with E-state index in [-0.39, 0.29) is 11.6 Å². The highest BCUT2D eigenvalue weighted by molar-refractivity contribution is 5.98. The molecule has 2 atom stereocenters. The van der Waals surface area contributed by atoms with Crippen LogP contribution in [0.1, 0.15) is 25.0 Å². The number of benzene rings is 1. The summed E-state index contributed by atoms with van der Waals surface area (Å²) in [6, 6.07) is 5.88. The first-order valence-electron chi connectivity index (χ1n) is 5.04. The first-order chi connectivity index (χ1) is 7.58. The molecule has 4 heteroatoms. The zero-order chi connectivity index (χ0) is 11.7. The number of cyclic esters (lactones) is 1. The maximum Gasteiger partial charge on any atom is 0.317 e. The maximum atomic E-state index is 13.0. The van der Waals surface area contributed by atoms with Crippen LogP contribution in [0.5, 0.6) is 0 Å². The summed E-state index contributed by atoms with van der Waals surface area (Å²) in [5, 5.41) is 0. The van der Waals surface area contributed by atoms with Crippen molar-refractivity contribution in [3.63, 3.8) is 0 Å². The molecule has 1 saturated heterocycles. The molecule has 1 heterocycles. The summed E-state index contributed by atoms with van der Waals surface area (Å²) in [4.78, 5) is 22.5. The molecule has 16 heavy (non-hydrogen) atoms. The first-order valence-corrected chi connectivity index (χ1v) is 5.04. The number of carbonyl (C=O) groups is 2. The number of halogens is 1. The van der Waals surface area contributed by atoms with E-state index in [9.17, 15) is 14.0 Å². The van der Waals surface area contributed by atoms with Gasteiger partial charge in [-0.3, -0.25) is 9.59 Å². The second-order valence-corrected chi connectivity index (χ2v) is 3.88. The van der Waals surface area contributed by atoms with Gasteiger partial charge in [-0.2, -0.15) is 0 Å². The van der Waals surface area contributed by atoms with Gasteiger partial charge in [0.15, 0.2) is 0 Å². The van der Waals surface area contributed by atoms with Crippen LogP contribution in [0.3, 0.4) is 0 Å². The van der Waals surface area contributed by atoms with Crippen LogP contribution in [-0.4, -0.2) is 11.8 Å². The van der Waals surface area contributed by atoms with E-state index in [0.717, 1.165) is 0 Å². The van der Waals surface area contributed by atoms with E-state index in [1.165, 1.54) is 19.1 Å². The van der Waals surface area contributed by atoms with Gasteiger partial charge in [0.1, 0.15) is 23.6 Å². The highest BCUT2D eigenvalue weighted by Crippen LogP contribution is 2.33. The second kappa shape index (κ2) is 4.04. The lowest BCUT2D eigenvalue weighted by molar-refractivity contribution is -0.146. The number of Topliss-reactive ketones (excluding diaryl/α,β-unsaturated/α-hetero) is 1. The smallest absolute Gasteiger partial charge is 0.317 e. The highest BCUT2D eigenvalue weighted by atomic mass is 19.1. The van der Waals surface area contributed by atoms with Gasteiger partial charge >= 0.3 is 5.97 Å². The van der Waals surface area contributed by atoms with Gasteiger partial charge in [0.25, 0.3) is 0 Å². The molecule has 0 N–H and O–H groups in total. The van der Waals surface area contributed by atoms with Crippen LogP contribution in [0.25, 0.3) is 0 Å². The summed E-state index contributed by atoms with van der Waals surface area (Å²) in [6.07, 6.45) is -0.199. The predicted molar refractivity (Wildman–Crippen MR) is 54.0 cm³/mol. The Morgan fingerprint density at radius 1 is 1.50 bits per heavy atom. The van der Waals surface area contributed by atoms with E-state index in [4.69, 9.17) is 4.74 Å². The van der Waals surface area contributed by atoms with E-state index in [1.54, 1.807) is 12.1 Å². The van der Waals surface area contributed by atoms with E-state index < -0.39 is 18.0 Å². The van der Waals surface area contributed by atoms with Gasteiger partial charge < -0.3 is 4.74 Å². The van der Waals surface area contributed by atoms with Crippen molar-refractivity contribution in [2.75, 3.05) is 0 Å². The van der Waals surface area contributed by atoms with Crippen molar-refractivity contribution in [3.8, 4) is 0 Å². The third kappa shape index (κ3) is 1.96. The topological polar surface area (TPSA) is 43.4 Å². The number of rotatable bonds is 2. The van der Waals surface area contributed by atoms with Crippen molar-refractivity contribution in [3.05, 3.63) is 35.6 Å². The van der Waals surface area contributed by atoms with Gasteiger partial charge in [0, 0.05) is 6.42 Å². The second-order valence-electron chi connectivity index (χ2n) is 3.88. The van der Waals surface area contributed by atoms with Crippen LogP contribution in [0.4, 0.5) is 4.39 Å². The molecule has 1 fully saturated rings. The molecule has 0 aliphatic carbocycles. The number of esters is 1. The van der Waals surface area contributed by atoms with Crippen LogP contribution in [0, 0.1) is 11.7 Å². The molecular weight excluding hydrogens is 211 g/mol. The van der Waals surface area contributed by atoms with Crippen molar-refractivity contribution in [2.45, 2.75) is 19.4 Å². The Bertz CT molecular complexity index is 442. The maximum absolute atomic E-state index is 13.0. The fourth-order valence-corrected chi connectivity index (χ4v) is 1.82. The number of carbonyl (C=O) groups excluding carboxylic acids is 2. The number of ketones is 1. The summed E-state index contributed by atoms with van der Waals surface area (Å²) >= 11 is 0. The molecular formula is C12H11FO3. The Morgan fingerprint density at radius 3 is 2.81 bits per heavy atom. The van der Waals surface area contributed by atoms with Crippen LogP contribution in [-0.2, 0) is 14.3 Å². The Balaban J connectivity index is 2.20. The molecule has 0 spiro atoms. The minimum atomic E-state index is -0.701. The van der Waals surface area contributed by atoms with E-state index in [2.05, 4.69) is 0 Å². The van der Waals surface area contributed by atoms with Gasteiger partial charge in [-0.05, 0) is 24.6 Å². The highest BCUT2D eigenvalue weighted by Gasteiger charge is 2.38. The molecule has 1 aliphatic rings. The van der Waals surface area contributed by atoms with E-state index >= 15 is 0 Å². The number of hydrogen-bond acceptors (Lipinski definition) is 3. The Hall–Kier alpha value is -1.71. The predicted octanol–water partition coefficient (Wildman–Crippen LogP) is 2.02. The lowest BCUT2D eigenvalue weighted by Gasteiger charge is -2.08. The Kier molecular flexibility index (Phi) is 2.73. The monoisotopic (exact) mass is 222 g/mol. The lowest BCUT2D eigenvalue weighted by atomic mass is 9.97. The fraction of sp³-hybridized carbons (Fsp3) is 0.333. The molecule has 84 valence electrons. The fourth-order valence-electron chi connectivity index (χ4n) is 1.82. The molecule has 2 rings (SSSR count). The molecule has 0 aromatic heterocycles. The molecule has 0 radical (unpaired) electrons. The normalized spacial score (nSPS) is 24.2. The van der Waals surface area contributed by atoms with E-state index in [1.807, 2.05) is 0 Å². The van der Waals surface area contributed by atoms with Crippen molar-refractivity contribution < 1.29 is 18.7 Å². The standard InChI is InChI=1S/C12H11FO3/c1-7(14)10-6-11(16-12(10)15)8-3-2-4-9(13)5-8/h2-5,10-11H,6H2,1H3/t10-,11+/m1/s1. The first kappa shape index (κ1) is 10.8. The molecule has 1 aromatic carbocycles. The van der Waals surface area contributed by atoms with E-state index in [0.29, 0.717) is 12.0 Å². The Labute approximate surface area is 92.2 Å². The SMILES string of the molecule is CC(=O)[C@H]1C[C@@H](c2cccc(F)c2)OC1=O. The minimum absolute atomic E-state index is 0.205. The molecule has 1 aliphatic heterocycles. The average molecular weight is 222 g/mol. The summed E-state index contributed by atoms with van der Waals surface area (Å²) in [5.74, 6) is -1.79. The van der Waals surface area contributed by atoms with Crippen LogP contribution in [0.15, 0.2) is 24.3 Å². The molecule has 3 nitrogen and oxygen atoms in total. The quantitative estimate of drug-likeness (QED) is 0.568. The average Bonchev–Trinajstić information content (AvgIpc) is 2.60. The number of hydrogen-bond donors (Lipinski definition) is 0. The van der Waals surface area contributed by atoms with Gasteiger partial charge in [-0.1, -0.05) is 12.1 Å². The molecule has 1 aromatic rings. The third-order valence-corrected chi connectivity index (χ3v) is 2.70. The van der Waals surface area contributed by atoms with Crippen LogP contribution < -0.4 is 0 Å².